The molecule has 0 amide bonds. The van der Waals surface area contributed by atoms with Gasteiger partial charge in [-0.25, -0.2) is 4.98 Å². The van der Waals surface area contributed by atoms with Crippen LogP contribution in [0.4, 0.5) is 11.5 Å². The van der Waals surface area contributed by atoms with Crippen LogP contribution < -0.4 is 11.5 Å². The maximum Gasteiger partial charge on any atom is 0.147 e. The van der Waals surface area contributed by atoms with E-state index in [2.05, 4.69) is 11.1 Å². The third-order valence-corrected chi connectivity index (χ3v) is 0.803. The number of nitrogens with two attached hydrogens (primary N) is 2. The highest BCUT2D eigenvalue weighted by molar-refractivity contribution is 5.55. The number of anilines is 2. The fourth-order valence-corrected chi connectivity index (χ4v) is 0.388. The van der Waals surface area contributed by atoms with Crippen LogP contribution in [-0.2, 0) is 0 Å². The first kappa shape index (κ1) is 4.90. The first-order chi connectivity index (χ1) is 3.80. The summed E-state index contributed by atoms with van der Waals surface area (Å²) in [5.41, 5.74) is 10.9. The molecular formula is C5H6N3. The van der Waals surface area contributed by atoms with Gasteiger partial charge in [0.1, 0.15) is 5.82 Å². The van der Waals surface area contributed by atoms with E-state index in [1.807, 2.05) is 0 Å². The van der Waals surface area contributed by atoms with Gasteiger partial charge in [0, 0.05) is 12.3 Å². The molecule has 1 aromatic heterocycles. The molecule has 1 rings (SSSR count). The van der Waals surface area contributed by atoms with Crippen molar-refractivity contribution in [1.29, 1.82) is 0 Å². The van der Waals surface area contributed by atoms with Crippen molar-refractivity contribution in [2.75, 3.05) is 11.5 Å². The maximum atomic E-state index is 5.28. The average molecular weight is 108 g/mol. The maximum absolute atomic E-state index is 5.28. The van der Waals surface area contributed by atoms with E-state index >= 15 is 0 Å². The molecule has 4 N–H and O–H groups in total. The van der Waals surface area contributed by atoms with E-state index in [9.17, 15) is 0 Å². The summed E-state index contributed by atoms with van der Waals surface area (Å²) in [6.45, 7) is 0. The van der Waals surface area contributed by atoms with Gasteiger partial charge in [0.05, 0.1) is 5.69 Å². The van der Waals surface area contributed by atoms with Crippen LogP contribution in [-0.4, -0.2) is 4.98 Å². The summed E-state index contributed by atoms with van der Waals surface area (Å²) in [4.78, 5) is 3.70. The van der Waals surface area contributed by atoms with Gasteiger partial charge in [-0.05, 0) is 6.07 Å². The lowest BCUT2D eigenvalue weighted by Crippen LogP contribution is -1.95. The molecule has 0 atom stereocenters. The molecule has 0 aliphatic rings. The number of pyridine rings is 1. The molecular weight excluding hydrogens is 102 g/mol. The first-order valence-electron chi connectivity index (χ1n) is 2.18. The summed E-state index contributed by atoms with van der Waals surface area (Å²) in [5.74, 6) is 0.340. The highest BCUT2D eigenvalue weighted by Crippen LogP contribution is 2.05. The molecule has 1 aromatic rings. The van der Waals surface area contributed by atoms with Crippen molar-refractivity contribution in [3.63, 3.8) is 0 Å². The molecule has 3 nitrogen and oxygen atoms in total. The minimum atomic E-state index is 0.340. The van der Waals surface area contributed by atoms with Crippen molar-refractivity contribution in [1.82, 2.24) is 4.98 Å². The molecule has 0 bridgehead atoms. The Morgan fingerprint density at radius 1 is 1.50 bits per heavy atom. The molecule has 0 saturated carbocycles. The van der Waals surface area contributed by atoms with Crippen LogP contribution >= 0.6 is 0 Å². The molecule has 0 aliphatic carbocycles. The molecule has 1 heterocycles. The molecule has 3 heteroatoms. The molecule has 0 fully saturated rings. The molecule has 0 spiro atoms. The van der Waals surface area contributed by atoms with Gasteiger partial charge < -0.3 is 11.5 Å². The smallest absolute Gasteiger partial charge is 0.147 e. The van der Waals surface area contributed by atoms with Gasteiger partial charge in [-0.3, -0.25) is 0 Å². The topological polar surface area (TPSA) is 64.9 Å². The first-order valence-corrected chi connectivity index (χ1v) is 2.18. The van der Waals surface area contributed by atoms with Crippen molar-refractivity contribution >= 4 is 11.5 Å². The zero-order chi connectivity index (χ0) is 5.98. The van der Waals surface area contributed by atoms with Crippen LogP contribution in [0.15, 0.2) is 12.3 Å². The summed E-state index contributed by atoms with van der Waals surface area (Å²) >= 11 is 0. The zero-order valence-corrected chi connectivity index (χ0v) is 4.26. The van der Waals surface area contributed by atoms with Gasteiger partial charge in [-0.2, -0.15) is 0 Å². The predicted molar refractivity (Wildman–Crippen MR) is 31.9 cm³/mol. The Hall–Kier alpha value is -1.25. The Morgan fingerprint density at radius 3 is 2.62 bits per heavy atom. The van der Waals surface area contributed by atoms with E-state index in [4.69, 9.17) is 11.5 Å². The molecule has 1 radical (unpaired) electrons. The second-order valence-corrected chi connectivity index (χ2v) is 1.39. The lowest BCUT2D eigenvalue weighted by atomic mass is 10.4. The Bertz CT molecular complexity index is 164. The van der Waals surface area contributed by atoms with E-state index in [0.29, 0.717) is 11.5 Å². The number of rotatable bonds is 0. The van der Waals surface area contributed by atoms with Crippen molar-refractivity contribution in [2.45, 2.75) is 0 Å². The van der Waals surface area contributed by atoms with Crippen LogP contribution in [0.1, 0.15) is 0 Å². The van der Waals surface area contributed by atoms with Crippen molar-refractivity contribution in [2.24, 2.45) is 0 Å². The largest absolute Gasteiger partial charge is 0.395 e. The lowest BCUT2D eigenvalue weighted by molar-refractivity contribution is 1.34. The molecule has 41 valence electrons. The minimum absolute atomic E-state index is 0.340. The third-order valence-electron chi connectivity index (χ3n) is 0.803. The van der Waals surface area contributed by atoms with Crippen molar-refractivity contribution in [3.05, 3.63) is 18.3 Å². The van der Waals surface area contributed by atoms with Gasteiger partial charge in [0.2, 0.25) is 0 Å². The Kier molecular flexibility index (Phi) is 1.04. The number of aromatic nitrogens is 1. The van der Waals surface area contributed by atoms with Crippen LogP contribution in [0.5, 0.6) is 0 Å². The van der Waals surface area contributed by atoms with E-state index < -0.39 is 0 Å². The highest BCUT2D eigenvalue weighted by Gasteiger charge is 1.87. The third kappa shape index (κ3) is 0.703. The van der Waals surface area contributed by atoms with Crippen LogP contribution in [0.2, 0.25) is 0 Å². The normalized spacial score (nSPS) is 9.00. The van der Waals surface area contributed by atoms with E-state index in [1.165, 1.54) is 0 Å². The number of hydrogen-bond donors (Lipinski definition) is 2. The standard InChI is InChI=1S/C5H6N3/c6-4-2-1-3-8-5(4)7/h1,3H,6H2,(H2,7,8). The van der Waals surface area contributed by atoms with E-state index in [1.54, 1.807) is 12.3 Å². The molecule has 0 aliphatic heterocycles. The second-order valence-electron chi connectivity index (χ2n) is 1.39. The summed E-state index contributed by atoms with van der Waals surface area (Å²) in [6.07, 6.45) is 1.55. The second kappa shape index (κ2) is 1.69. The van der Waals surface area contributed by atoms with Crippen molar-refractivity contribution in [3.8, 4) is 0 Å². The quantitative estimate of drug-likeness (QED) is 0.493. The van der Waals surface area contributed by atoms with Gasteiger partial charge >= 0.3 is 0 Å². The monoisotopic (exact) mass is 108 g/mol. The van der Waals surface area contributed by atoms with Gasteiger partial charge in [-0.15, -0.1) is 0 Å². The highest BCUT2D eigenvalue weighted by atomic mass is 14.9. The average Bonchev–Trinajstić information content (AvgIpc) is 1.77. The van der Waals surface area contributed by atoms with E-state index in [0.717, 1.165) is 0 Å². The van der Waals surface area contributed by atoms with Crippen LogP contribution in [0.3, 0.4) is 0 Å². The Labute approximate surface area is 47.3 Å². The zero-order valence-electron chi connectivity index (χ0n) is 4.26. The molecule has 8 heavy (non-hydrogen) atoms. The fourth-order valence-electron chi connectivity index (χ4n) is 0.388. The van der Waals surface area contributed by atoms with Gasteiger partial charge in [0.15, 0.2) is 0 Å². The molecule has 0 saturated heterocycles. The number of hydrogen-bond acceptors (Lipinski definition) is 3. The van der Waals surface area contributed by atoms with Gasteiger partial charge in [-0.1, -0.05) is 0 Å². The Morgan fingerprint density at radius 2 is 2.25 bits per heavy atom. The van der Waals surface area contributed by atoms with E-state index in [-0.39, 0.29) is 0 Å². The SMILES string of the molecule is Nc1[c]ccnc1N. The lowest BCUT2D eigenvalue weighted by Gasteiger charge is -1.92. The van der Waals surface area contributed by atoms with Crippen molar-refractivity contribution < 1.29 is 0 Å². The number of nitrogens with zero attached hydrogens (tertiary/aromatic N) is 1. The molecule has 0 aromatic carbocycles. The van der Waals surface area contributed by atoms with Crippen LogP contribution in [0, 0.1) is 6.07 Å². The summed E-state index contributed by atoms with van der Waals surface area (Å²) in [6, 6.07) is 4.31. The summed E-state index contributed by atoms with van der Waals surface area (Å²) < 4.78 is 0. The number of nitrogen functional groups attached to an aromatic ring is 2. The molecule has 0 unspecified atom stereocenters. The predicted octanol–water partition coefficient (Wildman–Crippen LogP) is 0.0462. The summed E-state index contributed by atoms with van der Waals surface area (Å²) in [5, 5.41) is 0. The van der Waals surface area contributed by atoms with Crippen LogP contribution in [0.25, 0.3) is 0 Å². The Balaban J connectivity index is 3.13. The van der Waals surface area contributed by atoms with Gasteiger partial charge in [0.25, 0.3) is 0 Å². The summed E-state index contributed by atoms with van der Waals surface area (Å²) in [7, 11) is 0. The fraction of sp³-hybridized carbons (Fsp3) is 0. The minimum Gasteiger partial charge on any atom is -0.395 e.